The van der Waals surface area contributed by atoms with E-state index >= 15 is 0 Å². The summed E-state index contributed by atoms with van der Waals surface area (Å²) in [6, 6.07) is 4.34. The van der Waals surface area contributed by atoms with Gasteiger partial charge in [0.15, 0.2) is 0 Å². The predicted octanol–water partition coefficient (Wildman–Crippen LogP) is 2.09. The first-order valence-electron chi connectivity index (χ1n) is 8.04. The first-order valence-corrected chi connectivity index (χ1v) is 8.04. The van der Waals surface area contributed by atoms with E-state index in [1.807, 2.05) is 0 Å². The summed E-state index contributed by atoms with van der Waals surface area (Å²) in [6.45, 7) is 3.08. The molecule has 2 N–H and O–H groups in total. The summed E-state index contributed by atoms with van der Waals surface area (Å²) >= 11 is 0. The lowest BCUT2D eigenvalue weighted by atomic mass is 10.2. The molecule has 0 bridgehead atoms. The minimum atomic E-state index is -0.949. The molecular weight excluding hydrogens is 327 g/mol. The molecule has 1 aliphatic rings. The number of carbonyl (C=O) groups excluding carboxylic acids is 2. The summed E-state index contributed by atoms with van der Waals surface area (Å²) in [7, 11) is 0. The van der Waals surface area contributed by atoms with Gasteiger partial charge in [-0.05, 0) is 37.5 Å². The molecule has 0 unspecified atom stereocenters. The molecule has 0 radical (unpaired) electrons. The Kier molecular flexibility index (Phi) is 5.08. The molecule has 1 aromatic heterocycles. The molecule has 1 aromatic carbocycles. The Hall–Kier alpha value is -2.74. The van der Waals surface area contributed by atoms with Gasteiger partial charge in [-0.2, -0.15) is 5.10 Å². The van der Waals surface area contributed by atoms with E-state index in [1.165, 1.54) is 18.3 Å². The monoisotopic (exact) mass is 346 g/mol. The third-order valence-corrected chi connectivity index (χ3v) is 3.88. The van der Waals surface area contributed by atoms with Crippen LogP contribution in [0.3, 0.4) is 0 Å². The van der Waals surface area contributed by atoms with E-state index in [2.05, 4.69) is 15.7 Å². The zero-order valence-corrected chi connectivity index (χ0v) is 13.8. The Morgan fingerprint density at radius 3 is 2.88 bits per heavy atom. The quantitative estimate of drug-likeness (QED) is 0.830. The van der Waals surface area contributed by atoms with Gasteiger partial charge in [-0.25, -0.2) is 4.39 Å². The number of hydrogen-bond acceptors (Lipinski definition) is 4. The zero-order valence-electron chi connectivity index (χ0n) is 13.8. The molecule has 25 heavy (non-hydrogen) atoms. The van der Waals surface area contributed by atoms with E-state index in [4.69, 9.17) is 4.74 Å². The number of nitrogens with one attached hydrogen (secondary N) is 2. The Balaban J connectivity index is 1.56. The summed E-state index contributed by atoms with van der Waals surface area (Å²) in [5.74, 6) is -2.43. The van der Waals surface area contributed by atoms with Crippen molar-refractivity contribution < 1.29 is 18.7 Å². The number of ether oxygens (including phenoxy) is 1. The molecule has 1 aliphatic heterocycles. The van der Waals surface area contributed by atoms with Gasteiger partial charge in [-0.3, -0.25) is 14.3 Å². The lowest BCUT2D eigenvalue weighted by molar-refractivity contribution is -0.133. The van der Waals surface area contributed by atoms with Crippen LogP contribution in [0.2, 0.25) is 0 Å². The minimum Gasteiger partial charge on any atom is -0.376 e. The molecule has 2 heterocycles. The van der Waals surface area contributed by atoms with Crippen molar-refractivity contribution in [3.8, 4) is 0 Å². The van der Waals surface area contributed by atoms with Crippen LogP contribution in [0.1, 0.15) is 18.4 Å². The van der Waals surface area contributed by atoms with E-state index < -0.39 is 17.6 Å². The van der Waals surface area contributed by atoms with Crippen LogP contribution in [0.4, 0.5) is 15.8 Å². The Bertz CT molecular complexity index is 784. The van der Waals surface area contributed by atoms with E-state index in [-0.39, 0.29) is 11.8 Å². The van der Waals surface area contributed by atoms with Crippen LogP contribution in [-0.2, 0) is 20.9 Å². The van der Waals surface area contributed by atoms with Crippen molar-refractivity contribution in [1.29, 1.82) is 0 Å². The molecule has 1 fully saturated rings. The first kappa shape index (κ1) is 17.1. The van der Waals surface area contributed by atoms with Gasteiger partial charge in [0.2, 0.25) is 0 Å². The number of nitrogens with zero attached hydrogens (tertiary/aromatic N) is 2. The molecule has 0 saturated carbocycles. The Morgan fingerprint density at radius 2 is 2.16 bits per heavy atom. The molecule has 132 valence electrons. The van der Waals surface area contributed by atoms with E-state index in [0.29, 0.717) is 12.2 Å². The molecule has 1 saturated heterocycles. The largest absolute Gasteiger partial charge is 0.376 e. The summed E-state index contributed by atoms with van der Waals surface area (Å²) in [4.78, 5) is 23.8. The van der Waals surface area contributed by atoms with Gasteiger partial charge in [-0.1, -0.05) is 6.07 Å². The van der Waals surface area contributed by atoms with Crippen LogP contribution < -0.4 is 10.6 Å². The van der Waals surface area contributed by atoms with E-state index in [0.717, 1.165) is 25.0 Å². The molecule has 3 rings (SSSR count). The Labute approximate surface area is 144 Å². The summed E-state index contributed by atoms with van der Waals surface area (Å²) < 4.78 is 20.9. The van der Waals surface area contributed by atoms with Gasteiger partial charge >= 0.3 is 11.8 Å². The van der Waals surface area contributed by atoms with Crippen LogP contribution in [-0.4, -0.2) is 34.3 Å². The number of rotatable bonds is 4. The summed E-state index contributed by atoms with van der Waals surface area (Å²) in [6.07, 6.45) is 5.21. The van der Waals surface area contributed by atoms with Crippen LogP contribution in [0.5, 0.6) is 0 Å². The second-order valence-electron chi connectivity index (χ2n) is 5.98. The van der Waals surface area contributed by atoms with Crippen molar-refractivity contribution in [2.24, 2.45) is 0 Å². The van der Waals surface area contributed by atoms with Crippen LogP contribution in [0.15, 0.2) is 30.6 Å². The first-order chi connectivity index (χ1) is 12.0. The van der Waals surface area contributed by atoms with Crippen molar-refractivity contribution in [2.75, 3.05) is 17.2 Å². The van der Waals surface area contributed by atoms with Gasteiger partial charge in [0.1, 0.15) is 5.82 Å². The highest BCUT2D eigenvalue weighted by atomic mass is 19.1. The fourth-order valence-corrected chi connectivity index (χ4v) is 2.61. The SMILES string of the molecule is Cc1ccc(NC(=O)C(=O)Nc2cnn(C[C@H]3CCCO3)c2)c(F)c1. The molecule has 8 heteroatoms. The maximum atomic E-state index is 13.7. The number of amides is 2. The van der Waals surface area contributed by atoms with Gasteiger partial charge in [-0.15, -0.1) is 0 Å². The number of aromatic nitrogens is 2. The fraction of sp³-hybridized carbons (Fsp3) is 0.353. The minimum absolute atomic E-state index is 0.0418. The number of aryl methyl sites for hydroxylation is 1. The summed E-state index contributed by atoms with van der Waals surface area (Å²) in [5, 5.41) is 8.82. The number of carbonyl (C=O) groups is 2. The Morgan fingerprint density at radius 1 is 1.36 bits per heavy atom. The number of benzene rings is 1. The maximum absolute atomic E-state index is 13.7. The number of anilines is 2. The third-order valence-electron chi connectivity index (χ3n) is 3.88. The lowest BCUT2D eigenvalue weighted by Crippen LogP contribution is -2.29. The number of hydrogen-bond donors (Lipinski definition) is 2. The molecular formula is C17H19FN4O3. The standard InChI is InChI=1S/C17H19FN4O3/c1-11-4-5-15(14(18)7-11)21-17(24)16(23)20-12-8-19-22(9-12)10-13-3-2-6-25-13/h4-5,7-9,13H,2-3,6,10H2,1H3,(H,20,23)(H,21,24)/t13-/m1/s1. The molecule has 2 amide bonds. The van der Waals surface area contributed by atoms with Gasteiger partial charge in [0.25, 0.3) is 0 Å². The normalized spacial score (nSPS) is 16.6. The van der Waals surface area contributed by atoms with Crippen molar-refractivity contribution in [3.05, 3.63) is 42.0 Å². The molecule has 0 spiro atoms. The van der Waals surface area contributed by atoms with Crippen molar-refractivity contribution in [3.63, 3.8) is 0 Å². The highest BCUT2D eigenvalue weighted by molar-refractivity contribution is 6.43. The molecule has 2 aromatic rings. The average Bonchev–Trinajstić information content (AvgIpc) is 3.22. The molecule has 7 nitrogen and oxygen atoms in total. The summed E-state index contributed by atoms with van der Waals surface area (Å²) in [5.41, 5.74) is 1.07. The highest BCUT2D eigenvalue weighted by Gasteiger charge is 2.18. The van der Waals surface area contributed by atoms with Crippen molar-refractivity contribution in [1.82, 2.24) is 9.78 Å². The second-order valence-corrected chi connectivity index (χ2v) is 5.98. The van der Waals surface area contributed by atoms with Crippen LogP contribution in [0.25, 0.3) is 0 Å². The molecule has 1 atom stereocenters. The van der Waals surface area contributed by atoms with Crippen LogP contribution >= 0.6 is 0 Å². The lowest BCUT2D eigenvalue weighted by Gasteiger charge is -2.08. The van der Waals surface area contributed by atoms with Gasteiger partial charge < -0.3 is 15.4 Å². The van der Waals surface area contributed by atoms with E-state index in [9.17, 15) is 14.0 Å². The van der Waals surface area contributed by atoms with Gasteiger partial charge in [0, 0.05) is 12.8 Å². The molecule has 0 aliphatic carbocycles. The van der Waals surface area contributed by atoms with Gasteiger partial charge in [0.05, 0.1) is 30.2 Å². The van der Waals surface area contributed by atoms with Crippen molar-refractivity contribution >= 4 is 23.2 Å². The average molecular weight is 346 g/mol. The maximum Gasteiger partial charge on any atom is 0.314 e. The predicted molar refractivity (Wildman–Crippen MR) is 89.6 cm³/mol. The highest BCUT2D eigenvalue weighted by Crippen LogP contribution is 2.16. The van der Waals surface area contributed by atoms with Crippen LogP contribution in [0, 0.1) is 12.7 Å². The van der Waals surface area contributed by atoms with Crippen molar-refractivity contribution in [2.45, 2.75) is 32.4 Å². The zero-order chi connectivity index (χ0) is 17.8. The second kappa shape index (κ2) is 7.43. The topological polar surface area (TPSA) is 85.3 Å². The van der Waals surface area contributed by atoms with E-state index in [1.54, 1.807) is 23.9 Å². The third kappa shape index (κ3) is 4.42. The fourth-order valence-electron chi connectivity index (χ4n) is 2.61. The number of halogens is 1. The smallest absolute Gasteiger partial charge is 0.314 e.